The minimum atomic E-state index is 0.540. The monoisotopic (exact) mass is 279 g/mol. The van der Waals surface area contributed by atoms with E-state index in [4.69, 9.17) is 15.5 Å². The van der Waals surface area contributed by atoms with Crippen molar-refractivity contribution in [1.82, 2.24) is 9.38 Å². The Hall–Kier alpha value is -2.33. The number of benzene rings is 1. The summed E-state index contributed by atoms with van der Waals surface area (Å²) in [4.78, 5) is 4.83. The lowest BCUT2D eigenvalue weighted by Crippen LogP contribution is -2.06. The lowest BCUT2D eigenvalue weighted by molar-refractivity contribution is 0.415. The lowest BCUT2D eigenvalue weighted by Gasteiger charge is -2.16. The SMILES string of the molecule is COc1ccc2c(c1)-c1nc3cc(CN)ccn3c1CC2. The van der Waals surface area contributed by atoms with Gasteiger partial charge in [0.2, 0.25) is 0 Å². The first-order valence-electron chi connectivity index (χ1n) is 7.17. The molecule has 0 bridgehead atoms. The highest BCUT2D eigenvalue weighted by molar-refractivity contribution is 5.73. The third kappa shape index (κ3) is 1.83. The predicted molar refractivity (Wildman–Crippen MR) is 82.5 cm³/mol. The van der Waals surface area contributed by atoms with Crippen molar-refractivity contribution in [3.63, 3.8) is 0 Å². The van der Waals surface area contributed by atoms with Gasteiger partial charge in [-0.05, 0) is 48.2 Å². The maximum Gasteiger partial charge on any atom is 0.137 e. The zero-order chi connectivity index (χ0) is 14.4. The van der Waals surface area contributed by atoms with Gasteiger partial charge in [0.05, 0.1) is 18.5 Å². The van der Waals surface area contributed by atoms with E-state index in [0.29, 0.717) is 6.54 Å². The van der Waals surface area contributed by atoms with E-state index in [1.807, 2.05) is 6.07 Å². The van der Waals surface area contributed by atoms with Gasteiger partial charge in [-0.1, -0.05) is 6.07 Å². The minimum Gasteiger partial charge on any atom is -0.497 e. The largest absolute Gasteiger partial charge is 0.497 e. The van der Waals surface area contributed by atoms with Crippen LogP contribution in [0.3, 0.4) is 0 Å². The van der Waals surface area contributed by atoms with Crippen LogP contribution in [0.25, 0.3) is 16.9 Å². The molecule has 2 N–H and O–H groups in total. The Balaban J connectivity index is 1.97. The fourth-order valence-electron chi connectivity index (χ4n) is 3.09. The molecule has 1 aromatic carbocycles. The van der Waals surface area contributed by atoms with E-state index >= 15 is 0 Å². The molecular formula is C17H17N3O. The van der Waals surface area contributed by atoms with Gasteiger partial charge in [0.1, 0.15) is 11.4 Å². The first kappa shape index (κ1) is 12.4. The Kier molecular flexibility index (Phi) is 2.72. The van der Waals surface area contributed by atoms with Gasteiger partial charge in [-0.25, -0.2) is 4.98 Å². The first-order valence-corrected chi connectivity index (χ1v) is 7.17. The van der Waals surface area contributed by atoms with Gasteiger partial charge >= 0.3 is 0 Å². The molecule has 3 aromatic rings. The van der Waals surface area contributed by atoms with Gasteiger partial charge in [-0.3, -0.25) is 0 Å². The molecule has 106 valence electrons. The van der Waals surface area contributed by atoms with Crippen molar-refractivity contribution in [2.24, 2.45) is 5.73 Å². The highest BCUT2D eigenvalue weighted by atomic mass is 16.5. The lowest BCUT2D eigenvalue weighted by atomic mass is 9.92. The van der Waals surface area contributed by atoms with Gasteiger partial charge in [-0.2, -0.15) is 0 Å². The Labute approximate surface area is 123 Å². The standard InChI is InChI=1S/C17H17N3O/c1-21-13-4-2-12-3-5-15-17(14(12)9-13)19-16-8-11(10-18)6-7-20(15)16/h2,4,6-9H,3,5,10,18H2,1H3. The Bertz CT molecular complexity index is 835. The van der Waals surface area contributed by atoms with Crippen LogP contribution < -0.4 is 10.5 Å². The molecule has 0 saturated heterocycles. The molecule has 21 heavy (non-hydrogen) atoms. The number of pyridine rings is 1. The number of fused-ring (bicyclic) bond motifs is 5. The molecule has 0 spiro atoms. The number of nitrogens with two attached hydrogens (primary N) is 1. The van der Waals surface area contributed by atoms with Crippen LogP contribution in [-0.4, -0.2) is 16.5 Å². The highest BCUT2D eigenvalue weighted by Crippen LogP contribution is 2.35. The van der Waals surface area contributed by atoms with Gasteiger partial charge in [-0.15, -0.1) is 0 Å². The molecule has 2 aromatic heterocycles. The van der Waals surface area contributed by atoms with Crippen LogP contribution in [0.1, 0.15) is 16.8 Å². The number of aryl methyl sites for hydroxylation is 2. The molecule has 0 fully saturated rings. The van der Waals surface area contributed by atoms with Crippen LogP contribution in [0.2, 0.25) is 0 Å². The second-order valence-corrected chi connectivity index (χ2v) is 5.40. The highest BCUT2D eigenvalue weighted by Gasteiger charge is 2.22. The zero-order valence-corrected chi connectivity index (χ0v) is 12.0. The molecule has 0 amide bonds. The van der Waals surface area contributed by atoms with Crippen molar-refractivity contribution >= 4 is 5.65 Å². The molecule has 2 heterocycles. The number of hydrogen-bond donors (Lipinski definition) is 1. The van der Waals surface area contributed by atoms with Crippen LogP contribution in [0, 0.1) is 0 Å². The number of rotatable bonds is 2. The summed E-state index contributed by atoms with van der Waals surface area (Å²) in [7, 11) is 1.70. The summed E-state index contributed by atoms with van der Waals surface area (Å²) in [6.45, 7) is 0.540. The number of ether oxygens (including phenoxy) is 1. The summed E-state index contributed by atoms with van der Waals surface area (Å²) in [5.41, 5.74) is 12.7. The Morgan fingerprint density at radius 1 is 1.24 bits per heavy atom. The number of methoxy groups -OCH3 is 1. The van der Waals surface area contributed by atoms with Crippen LogP contribution >= 0.6 is 0 Å². The summed E-state index contributed by atoms with van der Waals surface area (Å²) in [6, 6.07) is 10.4. The molecular weight excluding hydrogens is 262 g/mol. The fourth-order valence-corrected chi connectivity index (χ4v) is 3.09. The van der Waals surface area contributed by atoms with Crippen molar-refractivity contribution in [1.29, 1.82) is 0 Å². The van der Waals surface area contributed by atoms with Gasteiger partial charge in [0, 0.05) is 18.3 Å². The fraction of sp³-hybridized carbons (Fsp3) is 0.235. The van der Waals surface area contributed by atoms with E-state index in [1.54, 1.807) is 7.11 Å². The number of aromatic nitrogens is 2. The molecule has 0 saturated carbocycles. The molecule has 4 nitrogen and oxygen atoms in total. The molecule has 1 aliphatic rings. The topological polar surface area (TPSA) is 52.5 Å². The molecule has 1 aliphatic carbocycles. The maximum atomic E-state index is 5.72. The predicted octanol–water partition coefficient (Wildman–Crippen LogP) is 2.57. The van der Waals surface area contributed by atoms with Crippen molar-refractivity contribution in [3.8, 4) is 17.0 Å². The van der Waals surface area contributed by atoms with E-state index in [0.717, 1.165) is 35.5 Å². The van der Waals surface area contributed by atoms with E-state index in [9.17, 15) is 0 Å². The third-order valence-electron chi connectivity index (χ3n) is 4.23. The van der Waals surface area contributed by atoms with Gasteiger partial charge < -0.3 is 14.9 Å². The third-order valence-corrected chi connectivity index (χ3v) is 4.23. The number of nitrogens with zero attached hydrogens (tertiary/aromatic N) is 2. The van der Waals surface area contributed by atoms with Crippen molar-refractivity contribution in [3.05, 3.63) is 53.3 Å². The average Bonchev–Trinajstić information content (AvgIpc) is 2.92. The van der Waals surface area contributed by atoms with Crippen LogP contribution in [0.5, 0.6) is 5.75 Å². The quantitative estimate of drug-likeness (QED) is 0.784. The summed E-state index contributed by atoms with van der Waals surface area (Å²) < 4.78 is 7.53. The van der Waals surface area contributed by atoms with Crippen LogP contribution in [0.4, 0.5) is 0 Å². The summed E-state index contributed by atoms with van der Waals surface area (Å²) in [6.07, 6.45) is 4.13. The first-order chi connectivity index (χ1) is 10.3. The Morgan fingerprint density at radius 2 is 2.14 bits per heavy atom. The normalized spacial score (nSPS) is 13.0. The van der Waals surface area contributed by atoms with Gasteiger partial charge in [0.15, 0.2) is 0 Å². The van der Waals surface area contributed by atoms with E-state index in [-0.39, 0.29) is 0 Å². The summed E-state index contributed by atoms with van der Waals surface area (Å²) in [5.74, 6) is 0.876. The summed E-state index contributed by atoms with van der Waals surface area (Å²) in [5, 5.41) is 0. The molecule has 0 radical (unpaired) electrons. The molecule has 0 unspecified atom stereocenters. The van der Waals surface area contributed by atoms with Gasteiger partial charge in [0.25, 0.3) is 0 Å². The van der Waals surface area contributed by atoms with Crippen LogP contribution in [-0.2, 0) is 19.4 Å². The smallest absolute Gasteiger partial charge is 0.137 e. The maximum absolute atomic E-state index is 5.72. The Morgan fingerprint density at radius 3 is 2.95 bits per heavy atom. The zero-order valence-electron chi connectivity index (χ0n) is 12.0. The average molecular weight is 279 g/mol. The van der Waals surface area contributed by atoms with E-state index < -0.39 is 0 Å². The minimum absolute atomic E-state index is 0.540. The second-order valence-electron chi connectivity index (χ2n) is 5.40. The molecule has 4 heteroatoms. The molecule has 0 aliphatic heterocycles. The second kappa shape index (κ2) is 4.60. The molecule has 4 rings (SSSR count). The van der Waals surface area contributed by atoms with Crippen molar-refractivity contribution in [2.75, 3.05) is 7.11 Å². The van der Waals surface area contributed by atoms with Crippen LogP contribution in [0.15, 0.2) is 36.5 Å². The number of hydrogen-bond acceptors (Lipinski definition) is 3. The van der Waals surface area contributed by atoms with Crippen molar-refractivity contribution in [2.45, 2.75) is 19.4 Å². The summed E-state index contributed by atoms with van der Waals surface area (Å²) >= 11 is 0. The van der Waals surface area contributed by atoms with E-state index in [2.05, 4.69) is 34.9 Å². The number of imidazole rings is 1. The van der Waals surface area contributed by atoms with Crippen molar-refractivity contribution < 1.29 is 4.74 Å². The van der Waals surface area contributed by atoms with E-state index in [1.165, 1.54) is 16.8 Å². The molecule has 0 atom stereocenters.